The monoisotopic (exact) mass is 279 g/mol. The molecule has 0 saturated heterocycles. The van der Waals surface area contributed by atoms with Gasteiger partial charge in [0, 0.05) is 6.04 Å². The minimum absolute atomic E-state index is 0.135. The van der Waals surface area contributed by atoms with E-state index >= 15 is 0 Å². The van der Waals surface area contributed by atoms with E-state index in [0.717, 1.165) is 31.2 Å². The third-order valence-corrected chi connectivity index (χ3v) is 3.71. The zero-order valence-corrected chi connectivity index (χ0v) is 12.1. The molecule has 1 aromatic rings. The summed E-state index contributed by atoms with van der Waals surface area (Å²) in [6.45, 7) is 3.51. The molecule has 1 aliphatic carbocycles. The number of rotatable bonds is 4. The number of aryl methyl sites for hydroxylation is 1. The summed E-state index contributed by atoms with van der Waals surface area (Å²) >= 11 is 0. The lowest BCUT2D eigenvalue weighted by atomic mass is 9.95. The maximum absolute atomic E-state index is 13.6. The Morgan fingerprint density at radius 3 is 2.75 bits per heavy atom. The van der Waals surface area contributed by atoms with Gasteiger partial charge >= 0.3 is 0 Å². The largest absolute Gasteiger partial charge is 0.478 e. The quantitative estimate of drug-likeness (QED) is 0.918. The SMILES string of the molecule is Cc1ccc(F)c(OC(C)C(=O)NC2CCCCC2)c1. The highest BCUT2D eigenvalue weighted by Crippen LogP contribution is 2.21. The lowest BCUT2D eigenvalue weighted by Gasteiger charge is -2.24. The van der Waals surface area contributed by atoms with Gasteiger partial charge in [0.1, 0.15) is 0 Å². The summed E-state index contributed by atoms with van der Waals surface area (Å²) in [4.78, 5) is 12.1. The van der Waals surface area contributed by atoms with Gasteiger partial charge < -0.3 is 10.1 Å². The second kappa shape index (κ2) is 6.73. The van der Waals surface area contributed by atoms with E-state index in [9.17, 15) is 9.18 Å². The Labute approximate surface area is 119 Å². The van der Waals surface area contributed by atoms with Crippen LogP contribution in [0.4, 0.5) is 4.39 Å². The zero-order valence-electron chi connectivity index (χ0n) is 12.1. The first-order valence-electron chi connectivity index (χ1n) is 7.29. The third-order valence-electron chi connectivity index (χ3n) is 3.71. The standard InChI is InChI=1S/C16H22FNO2/c1-11-8-9-14(17)15(10-11)20-12(2)16(19)18-13-6-4-3-5-7-13/h8-10,12-13H,3-7H2,1-2H3,(H,18,19). The van der Waals surface area contributed by atoms with E-state index in [1.165, 1.54) is 12.5 Å². The summed E-state index contributed by atoms with van der Waals surface area (Å²) in [5.74, 6) is -0.470. The Bertz CT molecular complexity index is 470. The van der Waals surface area contributed by atoms with Crippen molar-refractivity contribution in [3.05, 3.63) is 29.6 Å². The molecule has 0 heterocycles. The van der Waals surface area contributed by atoms with Crippen molar-refractivity contribution in [2.75, 3.05) is 0 Å². The van der Waals surface area contributed by atoms with Crippen LogP contribution in [0.2, 0.25) is 0 Å². The number of nitrogens with one attached hydrogen (secondary N) is 1. The fourth-order valence-corrected chi connectivity index (χ4v) is 2.51. The fourth-order valence-electron chi connectivity index (χ4n) is 2.51. The number of carbonyl (C=O) groups excluding carboxylic acids is 1. The van der Waals surface area contributed by atoms with Gasteiger partial charge in [0.2, 0.25) is 0 Å². The highest BCUT2D eigenvalue weighted by atomic mass is 19.1. The summed E-state index contributed by atoms with van der Waals surface area (Å²) in [6, 6.07) is 4.88. The van der Waals surface area contributed by atoms with Gasteiger partial charge in [-0.15, -0.1) is 0 Å². The van der Waals surface area contributed by atoms with Gasteiger partial charge in [0.15, 0.2) is 17.7 Å². The molecule has 1 atom stereocenters. The minimum Gasteiger partial charge on any atom is -0.478 e. The number of hydrogen-bond donors (Lipinski definition) is 1. The third kappa shape index (κ3) is 3.95. The molecule has 0 radical (unpaired) electrons. The van der Waals surface area contributed by atoms with Crippen molar-refractivity contribution in [1.29, 1.82) is 0 Å². The molecule has 0 bridgehead atoms. The Hall–Kier alpha value is -1.58. The summed E-state index contributed by atoms with van der Waals surface area (Å²) in [6.07, 6.45) is 4.93. The van der Waals surface area contributed by atoms with Gasteiger partial charge in [-0.05, 0) is 44.4 Å². The Balaban J connectivity index is 1.91. The molecule has 1 amide bonds. The van der Waals surface area contributed by atoms with Gasteiger partial charge in [-0.25, -0.2) is 4.39 Å². The van der Waals surface area contributed by atoms with Crippen LogP contribution in [0.1, 0.15) is 44.6 Å². The first kappa shape index (κ1) is 14.8. The molecule has 1 saturated carbocycles. The molecule has 1 aromatic carbocycles. The number of amides is 1. The summed E-state index contributed by atoms with van der Waals surface area (Å²) in [5.41, 5.74) is 0.904. The minimum atomic E-state index is -0.687. The second-order valence-electron chi connectivity index (χ2n) is 5.54. The van der Waals surface area contributed by atoms with Crippen LogP contribution in [-0.4, -0.2) is 18.1 Å². The van der Waals surface area contributed by atoms with Crippen LogP contribution in [0, 0.1) is 12.7 Å². The molecule has 3 nitrogen and oxygen atoms in total. The first-order chi connectivity index (χ1) is 9.56. The van der Waals surface area contributed by atoms with Crippen LogP contribution in [0.5, 0.6) is 5.75 Å². The van der Waals surface area contributed by atoms with Gasteiger partial charge in [0.25, 0.3) is 5.91 Å². The molecule has 4 heteroatoms. The van der Waals surface area contributed by atoms with Crippen molar-refractivity contribution < 1.29 is 13.9 Å². The van der Waals surface area contributed by atoms with E-state index in [4.69, 9.17) is 4.74 Å². The molecule has 110 valence electrons. The summed E-state index contributed by atoms with van der Waals surface area (Å²) < 4.78 is 19.0. The van der Waals surface area contributed by atoms with Crippen molar-refractivity contribution in [2.24, 2.45) is 0 Å². The number of halogens is 1. The first-order valence-corrected chi connectivity index (χ1v) is 7.29. The number of carbonyl (C=O) groups is 1. The number of ether oxygens (including phenoxy) is 1. The topological polar surface area (TPSA) is 38.3 Å². The molecule has 1 N–H and O–H groups in total. The van der Waals surface area contributed by atoms with Crippen LogP contribution < -0.4 is 10.1 Å². The summed E-state index contributed by atoms with van der Waals surface area (Å²) in [7, 11) is 0. The van der Waals surface area contributed by atoms with Crippen LogP contribution in [0.3, 0.4) is 0 Å². The van der Waals surface area contributed by atoms with Crippen molar-refractivity contribution in [3.63, 3.8) is 0 Å². The van der Waals surface area contributed by atoms with E-state index in [1.54, 1.807) is 19.1 Å². The zero-order chi connectivity index (χ0) is 14.5. The van der Waals surface area contributed by atoms with Gasteiger partial charge in [-0.1, -0.05) is 25.3 Å². The van der Waals surface area contributed by atoms with E-state index in [0.29, 0.717) is 0 Å². The second-order valence-corrected chi connectivity index (χ2v) is 5.54. The number of benzene rings is 1. The maximum atomic E-state index is 13.6. The number of hydrogen-bond acceptors (Lipinski definition) is 2. The molecule has 0 aliphatic heterocycles. The lowest BCUT2D eigenvalue weighted by molar-refractivity contribution is -0.128. The van der Waals surface area contributed by atoms with Crippen LogP contribution in [-0.2, 0) is 4.79 Å². The van der Waals surface area contributed by atoms with Crippen LogP contribution >= 0.6 is 0 Å². The average molecular weight is 279 g/mol. The van der Waals surface area contributed by atoms with E-state index in [-0.39, 0.29) is 17.7 Å². The highest BCUT2D eigenvalue weighted by molar-refractivity contribution is 5.81. The lowest BCUT2D eigenvalue weighted by Crippen LogP contribution is -2.43. The van der Waals surface area contributed by atoms with Crippen molar-refractivity contribution >= 4 is 5.91 Å². The normalized spacial score (nSPS) is 17.6. The van der Waals surface area contributed by atoms with E-state index in [2.05, 4.69) is 5.32 Å². The molecule has 1 fully saturated rings. The fraction of sp³-hybridized carbons (Fsp3) is 0.562. The molecule has 2 rings (SSSR count). The van der Waals surface area contributed by atoms with Gasteiger partial charge in [-0.2, -0.15) is 0 Å². The van der Waals surface area contributed by atoms with Crippen molar-refractivity contribution in [1.82, 2.24) is 5.32 Å². The van der Waals surface area contributed by atoms with E-state index < -0.39 is 11.9 Å². The Morgan fingerprint density at radius 2 is 2.05 bits per heavy atom. The molecule has 0 spiro atoms. The van der Waals surface area contributed by atoms with Crippen molar-refractivity contribution in [2.45, 2.75) is 58.1 Å². The average Bonchev–Trinajstić information content (AvgIpc) is 2.44. The van der Waals surface area contributed by atoms with Gasteiger partial charge in [0.05, 0.1) is 0 Å². The smallest absolute Gasteiger partial charge is 0.260 e. The summed E-state index contributed by atoms with van der Waals surface area (Å²) in [5, 5.41) is 2.99. The van der Waals surface area contributed by atoms with Gasteiger partial charge in [-0.3, -0.25) is 4.79 Å². The molecule has 20 heavy (non-hydrogen) atoms. The predicted octanol–water partition coefficient (Wildman–Crippen LogP) is 3.35. The molecular formula is C16H22FNO2. The molecule has 1 unspecified atom stereocenters. The Morgan fingerprint density at radius 1 is 1.35 bits per heavy atom. The van der Waals surface area contributed by atoms with Crippen molar-refractivity contribution in [3.8, 4) is 5.75 Å². The van der Waals surface area contributed by atoms with E-state index in [1.807, 2.05) is 6.92 Å². The Kier molecular flexibility index (Phi) is 4.99. The molecule has 0 aromatic heterocycles. The van der Waals surface area contributed by atoms with Crippen LogP contribution in [0.25, 0.3) is 0 Å². The predicted molar refractivity (Wildman–Crippen MR) is 76.2 cm³/mol. The van der Waals surface area contributed by atoms with Crippen LogP contribution in [0.15, 0.2) is 18.2 Å². The highest BCUT2D eigenvalue weighted by Gasteiger charge is 2.21. The maximum Gasteiger partial charge on any atom is 0.260 e. The molecule has 1 aliphatic rings. The molecular weight excluding hydrogens is 257 g/mol.